The van der Waals surface area contributed by atoms with Gasteiger partial charge in [0, 0.05) is 18.6 Å². The van der Waals surface area contributed by atoms with Crippen LogP contribution in [0.25, 0.3) is 0 Å². The van der Waals surface area contributed by atoms with Crippen molar-refractivity contribution in [3.05, 3.63) is 11.6 Å². The Bertz CT molecular complexity index is 229. The largest absolute Gasteiger partial charge is 0.421 e. The topological polar surface area (TPSA) is 52.6 Å². The zero-order valence-electron chi connectivity index (χ0n) is 6.29. The molecule has 11 heavy (non-hydrogen) atoms. The number of carbonyl (C=O) groups excluding carboxylic acids is 2. The predicted molar refractivity (Wildman–Crippen MR) is 35.4 cm³/mol. The van der Waals surface area contributed by atoms with Gasteiger partial charge < -0.3 is 9.47 Å². The van der Waals surface area contributed by atoms with Crippen LogP contribution in [0.15, 0.2) is 11.6 Å². The molecule has 1 atom stereocenters. The zero-order valence-corrected chi connectivity index (χ0v) is 6.29. The maximum absolute atomic E-state index is 10.7. The number of hydrogen-bond acceptors (Lipinski definition) is 4. The van der Waals surface area contributed by atoms with E-state index >= 15 is 0 Å². The van der Waals surface area contributed by atoms with Gasteiger partial charge >= 0.3 is 11.9 Å². The van der Waals surface area contributed by atoms with E-state index in [1.165, 1.54) is 13.0 Å². The second kappa shape index (κ2) is 2.74. The van der Waals surface area contributed by atoms with Gasteiger partial charge in [0.05, 0.1) is 0 Å². The molecule has 0 aromatic carbocycles. The van der Waals surface area contributed by atoms with Gasteiger partial charge in [-0.1, -0.05) is 0 Å². The predicted octanol–water partition coefficient (Wildman–Crippen LogP) is 0.379. The molecule has 0 saturated carbocycles. The summed E-state index contributed by atoms with van der Waals surface area (Å²) in [5, 5.41) is 0. The van der Waals surface area contributed by atoms with Crippen LogP contribution in [0.5, 0.6) is 0 Å². The van der Waals surface area contributed by atoms with E-state index in [1.807, 2.05) is 0 Å². The Morgan fingerprint density at radius 3 is 2.73 bits per heavy atom. The highest BCUT2D eigenvalue weighted by Gasteiger charge is 2.23. The maximum atomic E-state index is 10.7. The van der Waals surface area contributed by atoms with Crippen LogP contribution in [0.1, 0.15) is 13.8 Å². The maximum Gasteiger partial charge on any atom is 0.337 e. The first kappa shape index (κ1) is 7.78. The van der Waals surface area contributed by atoms with Crippen molar-refractivity contribution in [2.75, 3.05) is 0 Å². The van der Waals surface area contributed by atoms with Gasteiger partial charge in [0.15, 0.2) is 0 Å². The van der Waals surface area contributed by atoms with E-state index in [-0.39, 0.29) is 0 Å². The summed E-state index contributed by atoms with van der Waals surface area (Å²) in [4.78, 5) is 21.1. The fourth-order valence-electron chi connectivity index (χ4n) is 0.726. The van der Waals surface area contributed by atoms with Gasteiger partial charge in [-0.15, -0.1) is 0 Å². The van der Waals surface area contributed by atoms with Crippen molar-refractivity contribution in [1.29, 1.82) is 0 Å². The lowest BCUT2D eigenvalue weighted by Crippen LogP contribution is -2.15. The Balaban J connectivity index is 2.54. The van der Waals surface area contributed by atoms with Crippen LogP contribution < -0.4 is 0 Å². The van der Waals surface area contributed by atoms with E-state index in [0.29, 0.717) is 5.57 Å². The van der Waals surface area contributed by atoms with Crippen molar-refractivity contribution >= 4 is 11.9 Å². The lowest BCUT2D eigenvalue weighted by molar-refractivity contribution is -0.171. The Labute approximate surface area is 63.8 Å². The molecule has 0 amide bonds. The molecule has 1 rings (SSSR count). The van der Waals surface area contributed by atoms with Crippen molar-refractivity contribution in [1.82, 2.24) is 0 Å². The molecule has 0 spiro atoms. The first-order valence-electron chi connectivity index (χ1n) is 3.16. The highest BCUT2D eigenvalue weighted by Crippen LogP contribution is 2.13. The summed E-state index contributed by atoms with van der Waals surface area (Å²) in [5.41, 5.74) is 0.469. The quantitative estimate of drug-likeness (QED) is 0.515. The Morgan fingerprint density at radius 2 is 2.36 bits per heavy atom. The normalized spacial score (nSPS) is 22.5. The number of carbonyl (C=O) groups is 2. The standard InChI is InChI=1S/C7H8O4/c1-4-3-6(10-5(2)8)11-7(4)9/h3,6H,1-2H3/t6-/m1/s1. The van der Waals surface area contributed by atoms with E-state index in [4.69, 9.17) is 0 Å². The molecule has 0 aromatic heterocycles. The molecule has 0 bridgehead atoms. The van der Waals surface area contributed by atoms with Gasteiger partial charge in [0.1, 0.15) is 0 Å². The van der Waals surface area contributed by atoms with Crippen LogP contribution in [0.2, 0.25) is 0 Å². The van der Waals surface area contributed by atoms with Crippen molar-refractivity contribution < 1.29 is 19.1 Å². The van der Waals surface area contributed by atoms with Crippen molar-refractivity contribution in [2.24, 2.45) is 0 Å². The second-order valence-electron chi connectivity index (χ2n) is 2.23. The molecular formula is C7H8O4. The molecule has 0 saturated heterocycles. The van der Waals surface area contributed by atoms with Gasteiger partial charge in [-0.05, 0) is 6.92 Å². The molecule has 1 heterocycles. The first-order chi connectivity index (χ1) is 5.09. The average Bonchev–Trinajstić information content (AvgIpc) is 2.10. The minimum atomic E-state index is -0.819. The van der Waals surface area contributed by atoms with Crippen LogP contribution in [0.4, 0.5) is 0 Å². The van der Waals surface area contributed by atoms with E-state index < -0.39 is 18.2 Å². The highest BCUT2D eigenvalue weighted by molar-refractivity contribution is 5.90. The molecule has 4 nitrogen and oxygen atoms in total. The molecule has 1 aliphatic rings. The Hall–Kier alpha value is -1.32. The van der Waals surface area contributed by atoms with E-state index in [0.717, 1.165) is 0 Å². The third kappa shape index (κ3) is 1.80. The molecule has 0 radical (unpaired) electrons. The van der Waals surface area contributed by atoms with Gasteiger partial charge in [0.2, 0.25) is 0 Å². The number of cyclic esters (lactones) is 1. The Kier molecular flexibility index (Phi) is 1.94. The lowest BCUT2D eigenvalue weighted by atomic mass is 10.3. The third-order valence-corrected chi connectivity index (χ3v) is 1.21. The van der Waals surface area contributed by atoms with E-state index in [9.17, 15) is 9.59 Å². The Morgan fingerprint density at radius 1 is 1.73 bits per heavy atom. The van der Waals surface area contributed by atoms with Gasteiger partial charge in [-0.2, -0.15) is 0 Å². The van der Waals surface area contributed by atoms with Crippen LogP contribution in [-0.4, -0.2) is 18.2 Å². The van der Waals surface area contributed by atoms with Crippen molar-refractivity contribution in [3.63, 3.8) is 0 Å². The fourth-order valence-corrected chi connectivity index (χ4v) is 0.726. The van der Waals surface area contributed by atoms with Gasteiger partial charge in [-0.3, -0.25) is 4.79 Å². The van der Waals surface area contributed by atoms with Crippen LogP contribution in [0.3, 0.4) is 0 Å². The minimum absolute atomic E-state index is 0.434. The fraction of sp³-hybridized carbons (Fsp3) is 0.429. The molecule has 1 aliphatic heterocycles. The zero-order chi connectivity index (χ0) is 8.43. The van der Waals surface area contributed by atoms with Gasteiger partial charge in [0.25, 0.3) is 6.29 Å². The number of hydrogen-bond donors (Lipinski definition) is 0. The summed E-state index contributed by atoms with van der Waals surface area (Å²) in [6.07, 6.45) is 0.643. The first-order valence-corrected chi connectivity index (χ1v) is 3.16. The van der Waals surface area contributed by atoms with Crippen LogP contribution in [-0.2, 0) is 19.1 Å². The smallest absolute Gasteiger partial charge is 0.337 e. The summed E-state index contributed by atoms with van der Waals surface area (Å²) in [6, 6.07) is 0. The van der Waals surface area contributed by atoms with Crippen molar-refractivity contribution in [2.45, 2.75) is 20.1 Å². The van der Waals surface area contributed by atoms with Crippen LogP contribution >= 0.6 is 0 Å². The number of rotatable bonds is 1. The van der Waals surface area contributed by atoms with Gasteiger partial charge in [-0.25, -0.2) is 4.79 Å². The number of esters is 2. The van der Waals surface area contributed by atoms with Crippen LogP contribution in [0, 0.1) is 0 Å². The van der Waals surface area contributed by atoms with E-state index in [1.54, 1.807) is 6.92 Å². The molecule has 0 aliphatic carbocycles. The summed E-state index contributed by atoms with van der Waals surface area (Å²) < 4.78 is 9.20. The molecule has 4 heteroatoms. The SMILES string of the molecule is CC(=O)O[C@H]1C=C(C)C(=O)O1. The third-order valence-electron chi connectivity index (χ3n) is 1.21. The lowest BCUT2D eigenvalue weighted by Gasteiger charge is -2.06. The summed E-state index contributed by atoms with van der Waals surface area (Å²) in [5.74, 6) is -0.898. The molecule has 60 valence electrons. The molecule has 0 aromatic rings. The van der Waals surface area contributed by atoms with Crippen molar-refractivity contribution in [3.8, 4) is 0 Å². The summed E-state index contributed by atoms with van der Waals surface area (Å²) in [7, 11) is 0. The molecule has 0 N–H and O–H groups in total. The van der Waals surface area contributed by atoms with E-state index in [2.05, 4.69) is 9.47 Å². The summed E-state index contributed by atoms with van der Waals surface area (Å²) in [6.45, 7) is 2.86. The monoisotopic (exact) mass is 156 g/mol. The summed E-state index contributed by atoms with van der Waals surface area (Å²) >= 11 is 0. The minimum Gasteiger partial charge on any atom is -0.421 e. The molecular weight excluding hydrogens is 148 g/mol. The molecule has 0 unspecified atom stereocenters. The highest BCUT2D eigenvalue weighted by atomic mass is 16.7. The second-order valence-corrected chi connectivity index (χ2v) is 2.23. The number of ether oxygens (including phenoxy) is 2. The average molecular weight is 156 g/mol. The molecule has 0 fully saturated rings.